The van der Waals surface area contributed by atoms with E-state index < -0.39 is 0 Å². The monoisotopic (exact) mass is 706 g/mol. The molecule has 11 rings (SSSR count). The average molecular weight is 707 g/mol. The maximum atomic E-state index is 15.3. The van der Waals surface area contributed by atoms with Gasteiger partial charge in [0, 0.05) is 44.0 Å². The standard InChI is InChI=1S/C48H30N6O/c55-47-43-36-26-14-16-28-40(36)54(48-50-45(31-17-5-1-6-18-31)49-46(51-48)32-19-7-2-8-20-32)44(43)38-30-41-37(29-42(38)53(47)34-23-11-4-12-24-34)35-25-13-15-27-39(35)52(41)33-21-9-3-10-22-33/h1-30H. The van der Waals surface area contributed by atoms with Gasteiger partial charge >= 0.3 is 0 Å². The molecule has 0 atom stereocenters. The zero-order valence-corrected chi connectivity index (χ0v) is 29.4. The third-order valence-corrected chi connectivity index (χ3v) is 10.5. The summed E-state index contributed by atoms with van der Waals surface area (Å²) in [5.74, 6) is 1.52. The quantitative estimate of drug-likeness (QED) is 0.179. The lowest BCUT2D eigenvalue weighted by Gasteiger charge is -2.15. The fraction of sp³-hybridized carbons (Fsp3) is 0. The lowest BCUT2D eigenvalue weighted by atomic mass is 10.1. The number of hydrogen-bond donors (Lipinski definition) is 0. The summed E-state index contributed by atoms with van der Waals surface area (Å²) >= 11 is 0. The fourth-order valence-electron chi connectivity index (χ4n) is 8.10. The van der Waals surface area contributed by atoms with Gasteiger partial charge in [-0.15, -0.1) is 0 Å². The Morgan fingerprint density at radius 3 is 1.42 bits per heavy atom. The molecule has 0 bridgehead atoms. The maximum absolute atomic E-state index is 15.3. The molecule has 0 aliphatic heterocycles. The van der Waals surface area contributed by atoms with Crippen LogP contribution in [0, 0.1) is 0 Å². The molecule has 0 N–H and O–H groups in total. The summed E-state index contributed by atoms with van der Waals surface area (Å²) in [6, 6.07) is 61.2. The summed E-state index contributed by atoms with van der Waals surface area (Å²) in [7, 11) is 0. The third-order valence-electron chi connectivity index (χ3n) is 10.5. The van der Waals surface area contributed by atoms with Crippen molar-refractivity contribution in [1.82, 2.24) is 28.7 Å². The van der Waals surface area contributed by atoms with E-state index in [1.165, 1.54) is 0 Å². The number of benzene rings is 7. The molecule has 55 heavy (non-hydrogen) atoms. The molecule has 258 valence electrons. The molecule has 0 spiro atoms. The van der Waals surface area contributed by atoms with Crippen LogP contribution in [0.3, 0.4) is 0 Å². The van der Waals surface area contributed by atoms with Crippen molar-refractivity contribution in [2.45, 2.75) is 0 Å². The maximum Gasteiger partial charge on any atom is 0.265 e. The van der Waals surface area contributed by atoms with Crippen LogP contribution in [0.2, 0.25) is 0 Å². The van der Waals surface area contributed by atoms with E-state index in [4.69, 9.17) is 15.0 Å². The molecule has 4 aromatic heterocycles. The summed E-state index contributed by atoms with van der Waals surface area (Å²) in [5, 5.41) is 4.46. The zero-order chi connectivity index (χ0) is 36.5. The van der Waals surface area contributed by atoms with Gasteiger partial charge < -0.3 is 4.57 Å². The van der Waals surface area contributed by atoms with Crippen molar-refractivity contribution in [1.29, 1.82) is 0 Å². The summed E-state index contributed by atoms with van der Waals surface area (Å²) in [5.41, 5.74) is 7.94. The molecule has 0 amide bonds. The van der Waals surface area contributed by atoms with Crippen LogP contribution < -0.4 is 5.56 Å². The molecule has 0 aliphatic rings. The first-order valence-corrected chi connectivity index (χ1v) is 18.3. The third kappa shape index (κ3) is 4.77. The van der Waals surface area contributed by atoms with Crippen molar-refractivity contribution in [3.05, 3.63) is 192 Å². The highest BCUT2D eigenvalue weighted by atomic mass is 16.1. The van der Waals surface area contributed by atoms with Crippen LogP contribution >= 0.6 is 0 Å². The minimum Gasteiger partial charge on any atom is -0.309 e. The highest BCUT2D eigenvalue weighted by Gasteiger charge is 2.25. The van der Waals surface area contributed by atoms with Crippen LogP contribution in [0.1, 0.15) is 0 Å². The van der Waals surface area contributed by atoms with E-state index in [0.29, 0.717) is 23.0 Å². The highest BCUT2D eigenvalue weighted by molar-refractivity contribution is 6.22. The van der Waals surface area contributed by atoms with Crippen LogP contribution in [0.5, 0.6) is 0 Å². The first-order valence-electron chi connectivity index (χ1n) is 18.3. The molecule has 0 fully saturated rings. The lowest BCUT2D eigenvalue weighted by Crippen LogP contribution is -2.19. The van der Waals surface area contributed by atoms with Crippen molar-refractivity contribution in [3.63, 3.8) is 0 Å². The highest BCUT2D eigenvalue weighted by Crippen LogP contribution is 2.40. The predicted octanol–water partition coefficient (Wildman–Crippen LogP) is 10.7. The van der Waals surface area contributed by atoms with E-state index in [9.17, 15) is 0 Å². The second-order valence-corrected chi connectivity index (χ2v) is 13.6. The first-order chi connectivity index (χ1) is 27.2. The van der Waals surface area contributed by atoms with Crippen LogP contribution in [-0.2, 0) is 0 Å². The molecule has 7 nitrogen and oxygen atoms in total. The van der Waals surface area contributed by atoms with Gasteiger partial charge in [-0.3, -0.25) is 13.9 Å². The Bertz CT molecular complexity index is 3260. The number of nitrogens with zero attached hydrogens (tertiary/aromatic N) is 6. The van der Waals surface area contributed by atoms with Crippen molar-refractivity contribution in [3.8, 4) is 40.1 Å². The van der Waals surface area contributed by atoms with Crippen molar-refractivity contribution in [2.24, 2.45) is 0 Å². The minimum absolute atomic E-state index is 0.115. The minimum atomic E-state index is -0.115. The topological polar surface area (TPSA) is 70.5 Å². The van der Waals surface area contributed by atoms with E-state index in [0.717, 1.165) is 71.6 Å². The van der Waals surface area contributed by atoms with Gasteiger partial charge in [-0.2, -0.15) is 9.97 Å². The van der Waals surface area contributed by atoms with Gasteiger partial charge in [-0.1, -0.05) is 133 Å². The van der Waals surface area contributed by atoms with E-state index in [1.54, 1.807) is 0 Å². The average Bonchev–Trinajstić information content (AvgIpc) is 3.78. The summed E-state index contributed by atoms with van der Waals surface area (Å²) in [4.78, 5) is 30.6. The summed E-state index contributed by atoms with van der Waals surface area (Å²) in [6.07, 6.45) is 0. The van der Waals surface area contributed by atoms with Crippen LogP contribution in [0.15, 0.2) is 187 Å². The number of aromatic nitrogens is 6. The molecule has 0 radical (unpaired) electrons. The number of fused-ring (bicyclic) bond motifs is 8. The molecule has 7 heteroatoms. The van der Waals surface area contributed by atoms with Gasteiger partial charge in [0.15, 0.2) is 11.6 Å². The molecule has 4 heterocycles. The Morgan fingerprint density at radius 2 is 0.818 bits per heavy atom. The SMILES string of the molecule is O=c1c2c3ccccc3n(-c3nc(-c4ccccc4)nc(-c4ccccc4)n3)c2c2cc3c(cc2n1-c1ccccc1)c1ccccc1n3-c1ccccc1. The Labute approximate surface area is 314 Å². The second kappa shape index (κ2) is 12.2. The second-order valence-electron chi connectivity index (χ2n) is 13.6. The lowest BCUT2D eigenvalue weighted by molar-refractivity contribution is 0.953. The molecule has 0 aliphatic carbocycles. The molecule has 0 unspecified atom stereocenters. The summed E-state index contributed by atoms with van der Waals surface area (Å²) in [6.45, 7) is 0. The van der Waals surface area contributed by atoms with Crippen LogP contribution in [-0.4, -0.2) is 28.7 Å². The van der Waals surface area contributed by atoms with Crippen molar-refractivity contribution >= 4 is 54.5 Å². The Morgan fingerprint density at radius 1 is 0.364 bits per heavy atom. The normalized spacial score (nSPS) is 11.7. The van der Waals surface area contributed by atoms with Crippen molar-refractivity contribution < 1.29 is 0 Å². The van der Waals surface area contributed by atoms with Gasteiger partial charge in [0.05, 0.1) is 33.0 Å². The molecule has 0 saturated carbocycles. The molecule has 11 aromatic rings. The predicted molar refractivity (Wildman–Crippen MR) is 222 cm³/mol. The van der Waals surface area contributed by atoms with E-state index >= 15 is 4.79 Å². The van der Waals surface area contributed by atoms with E-state index in [1.807, 2.05) is 126 Å². The van der Waals surface area contributed by atoms with E-state index in [2.05, 4.69) is 69.8 Å². The number of para-hydroxylation sites is 4. The van der Waals surface area contributed by atoms with Gasteiger partial charge in [0.1, 0.15) is 0 Å². The largest absolute Gasteiger partial charge is 0.309 e. The molecule has 7 aromatic carbocycles. The fourth-order valence-corrected chi connectivity index (χ4v) is 8.10. The molecule has 0 saturated heterocycles. The molecular weight excluding hydrogens is 677 g/mol. The Hall–Kier alpha value is -7.64. The van der Waals surface area contributed by atoms with Crippen LogP contribution in [0.25, 0.3) is 94.6 Å². The van der Waals surface area contributed by atoms with Gasteiger partial charge in [0.25, 0.3) is 5.56 Å². The van der Waals surface area contributed by atoms with Gasteiger partial charge in [-0.05, 0) is 48.5 Å². The number of rotatable bonds is 5. The Kier molecular flexibility index (Phi) is 6.87. The Balaban J connectivity index is 1.36. The summed E-state index contributed by atoms with van der Waals surface area (Å²) < 4.78 is 6.23. The zero-order valence-electron chi connectivity index (χ0n) is 29.4. The van der Waals surface area contributed by atoms with Gasteiger partial charge in [0.2, 0.25) is 5.95 Å². The first kappa shape index (κ1) is 30.9. The smallest absolute Gasteiger partial charge is 0.265 e. The van der Waals surface area contributed by atoms with Gasteiger partial charge in [-0.25, -0.2) is 4.98 Å². The number of hydrogen-bond acceptors (Lipinski definition) is 4. The van der Waals surface area contributed by atoms with Crippen molar-refractivity contribution in [2.75, 3.05) is 0 Å². The van der Waals surface area contributed by atoms with Crippen LogP contribution in [0.4, 0.5) is 0 Å². The molecular formula is C48H30N6O. The van der Waals surface area contributed by atoms with E-state index in [-0.39, 0.29) is 5.56 Å². The number of pyridine rings is 1.